The molecule has 0 aliphatic rings. The van der Waals surface area contributed by atoms with Gasteiger partial charge >= 0.3 is 0 Å². The van der Waals surface area contributed by atoms with Crippen LogP contribution < -0.4 is 16.4 Å². The van der Waals surface area contributed by atoms with Crippen LogP contribution >= 0.6 is 0 Å². The summed E-state index contributed by atoms with van der Waals surface area (Å²) in [6.45, 7) is 4.57. The first-order valence-corrected chi connectivity index (χ1v) is 6.93. The summed E-state index contributed by atoms with van der Waals surface area (Å²) in [5, 5.41) is 5.54. The zero-order valence-corrected chi connectivity index (χ0v) is 12.7. The lowest BCUT2D eigenvalue weighted by molar-refractivity contribution is -0.118. The van der Waals surface area contributed by atoms with Crippen molar-refractivity contribution in [2.24, 2.45) is 5.73 Å². The Kier molecular flexibility index (Phi) is 6.84. The van der Waals surface area contributed by atoms with Gasteiger partial charge in [-0.1, -0.05) is 0 Å². The summed E-state index contributed by atoms with van der Waals surface area (Å²) in [5.41, 5.74) is 7.57. The third kappa shape index (κ3) is 5.17. The van der Waals surface area contributed by atoms with Crippen molar-refractivity contribution in [1.29, 1.82) is 0 Å². The number of rotatable bonds is 7. The summed E-state index contributed by atoms with van der Waals surface area (Å²) in [6.07, 6.45) is -0.0928. The van der Waals surface area contributed by atoms with Gasteiger partial charge in [0.05, 0.1) is 12.5 Å². The van der Waals surface area contributed by atoms with Crippen LogP contribution in [0, 0.1) is 6.92 Å². The first kappa shape index (κ1) is 17.1. The maximum atomic E-state index is 11.9. The number of carbonyl (C=O) groups is 2. The first-order valence-electron chi connectivity index (χ1n) is 6.93. The van der Waals surface area contributed by atoms with E-state index >= 15 is 0 Å². The van der Waals surface area contributed by atoms with Crippen molar-refractivity contribution in [3.05, 3.63) is 29.3 Å². The predicted molar refractivity (Wildman–Crippen MR) is 82.3 cm³/mol. The molecule has 0 aliphatic carbocycles. The van der Waals surface area contributed by atoms with Gasteiger partial charge in [-0.05, 0) is 37.6 Å². The van der Waals surface area contributed by atoms with Crippen molar-refractivity contribution < 1.29 is 14.3 Å². The summed E-state index contributed by atoms with van der Waals surface area (Å²) in [4.78, 5) is 23.6. The molecule has 0 aromatic heterocycles. The number of benzene rings is 1. The monoisotopic (exact) mass is 293 g/mol. The lowest BCUT2D eigenvalue weighted by Gasteiger charge is -2.14. The van der Waals surface area contributed by atoms with Crippen molar-refractivity contribution >= 4 is 17.5 Å². The van der Waals surface area contributed by atoms with Gasteiger partial charge in [-0.15, -0.1) is 0 Å². The number of aryl methyl sites for hydroxylation is 1. The van der Waals surface area contributed by atoms with Gasteiger partial charge in [0.25, 0.3) is 5.91 Å². The maximum Gasteiger partial charge on any atom is 0.251 e. The molecule has 2 amide bonds. The van der Waals surface area contributed by atoms with Crippen molar-refractivity contribution in [3.8, 4) is 0 Å². The van der Waals surface area contributed by atoms with E-state index in [1.165, 1.54) is 7.11 Å². The molecule has 1 unspecified atom stereocenters. The molecule has 1 atom stereocenters. The molecule has 6 nitrogen and oxygen atoms in total. The molecule has 0 spiro atoms. The van der Waals surface area contributed by atoms with Gasteiger partial charge in [0.15, 0.2) is 0 Å². The number of nitrogens with two attached hydrogens (primary N) is 1. The van der Waals surface area contributed by atoms with Crippen molar-refractivity contribution in [3.63, 3.8) is 0 Å². The van der Waals surface area contributed by atoms with Crippen LogP contribution in [0.3, 0.4) is 0 Å². The van der Waals surface area contributed by atoms with E-state index in [2.05, 4.69) is 10.6 Å². The maximum absolute atomic E-state index is 11.9. The topological polar surface area (TPSA) is 93.5 Å². The zero-order valence-electron chi connectivity index (χ0n) is 12.7. The Hall–Kier alpha value is -1.92. The highest BCUT2D eigenvalue weighted by Crippen LogP contribution is 2.17. The van der Waals surface area contributed by atoms with Crippen LogP contribution in [0.4, 0.5) is 5.69 Å². The lowest BCUT2D eigenvalue weighted by atomic mass is 10.1. The summed E-state index contributed by atoms with van der Waals surface area (Å²) in [7, 11) is 1.52. The number of ether oxygens (including phenoxy) is 1. The number of nitrogens with one attached hydrogen (secondary N) is 2. The number of amides is 2. The van der Waals surface area contributed by atoms with Gasteiger partial charge in [-0.3, -0.25) is 9.59 Å². The van der Waals surface area contributed by atoms with Crippen LogP contribution in [0.5, 0.6) is 0 Å². The second kappa shape index (κ2) is 8.39. The number of carbonyl (C=O) groups excluding carboxylic acids is 2. The SMILES string of the molecule is CCNC(=O)c1ccc(NC(=O)CC(CN)OC)c(C)c1. The first-order chi connectivity index (χ1) is 10.0. The minimum absolute atomic E-state index is 0.124. The second-order valence-corrected chi connectivity index (χ2v) is 4.73. The third-order valence-electron chi connectivity index (χ3n) is 3.11. The van der Waals surface area contributed by atoms with E-state index < -0.39 is 0 Å². The van der Waals surface area contributed by atoms with Gasteiger partial charge in [-0.25, -0.2) is 0 Å². The fourth-order valence-electron chi connectivity index (χ4n) is 1.88. The van der Waals surface area contributed by atoms with E-state index in [1.54, 1.807) is 18.2 Å². The number of anilines is 1. The fraction of sp³-hybridized carbons (Fsp3) is 0.467. The molecule has 116 valence electrons. The molecule has 0 heterocycles. The standard InChI is InChI=1S/C15H23N3O3/c1-4-17-15(20)11-5-6-13(10(2)7-11)18-14(19)8-12(9-16)21-3/h5-7,12H,4,8-9,16H2,1-3H3,(H,17,20)(H,18,19). The van der Waals surface area contributed by atoms with Gasteiger partial charge in [0.1, 0.15) is 0 Å². The molecule has 1 rings (SSSR count). The summed E-state index contributed by atoms with van der Waals surface area (Å²) < 4.78 is 5.08. The lowest BCUT2D eigenvalue weighted by Crippen LogP contribution is -2.28. The molecule has 6 heteroatoms. The van der Waals surface area contributed by atoms with Crippen molar-refractivity contribution in [1.82, 2.24) is 5.32 Å². The van der Waals surface area contributed by atoms with Gasteiger partial charge in [0, 0.05) is 31.5 Å². The van der Waals surface area contributed by atoms with Crippen LogP contribution in [0.1, 0.15) is 29.3 Å². The van der Waals surface area contributed by atoms with Crippen molar-refractivity contribution in [2.75, 3.05) is 25.5 Å². The number of hydrogen-bond acceptors (Lipinski definition) is 4. The summed E-state index contributed by atoms with van der Waals surface area (Å²) in [5.74, 6) is -0.290. The van der Waals surface area contributed by atoms with E-state index in [9.17, 15) is 9.59 Å². The highest BCUT2D eigenvalue weighted by Gasteiger charge is 2.13. The molecule has 1 aromatic carbocycles. The molecular formula is C15H23N3O3. The van der Waals surface area contributed by atoms with Crippen LogP contribution in [-0.2, 0) is 9.53 Å². The molecule has 0 fully saturated rings. The second-order valence-electron chi connectivity index (χ2n) is 4.73. The largest absolute Gasteiger partial charge is 0.380 e. The van der Waals surface area contributed by atoms with Crippen LogP contribution in [0.15, 0.2) is 18.2 Å². The van der Waals surface area contributed by atoms with Gasteiger partial charge in [-0.2, -0.15) is 0 Å². The summed E-state index contributed by atoms with van der Waals surface area (Å²) >= 11 is 0. The van der Waals surface area contributed by atoms with Crippen LogP contribution in [-0.4, -0.2) is 38.1 Å². The van der Waals surface area contributed by atoms with Crippen molar-refractivity contribution in [2.45, 2.75) is 26.4 Å². The summed E-state index contributed by atoms with van der Waals surface area (Å²) in [6, 6.07) is 5.16. The molecule has 0 saturated carbocycles. The quantitative estimate of drug-likeness (QED) is 0.700. The normalized spacial score (nSPS) is 11.8. The number of hydrogen-bond donors (Lipinski definition) is 3. The van der Waals surface area contributed by atoms with Gasteiger partial charge < -0.3 is 21.1 Å². The van der Waals surface area contributed by atoms with Crippen LogP contribution in [0.25, 0.3) is 0 Å². The molecule has 0 aliphatic heterocycles. The molecule has 0 bridgehead atoms. The minimum Gasteiger partial charge on any atom is -0.380 e. The predicted octanol–water partition coefficient (Wildman–Crippen LogP) is 1.05. The highest BCUT2D eigenvalue weighted by molar-refractivity contribution is 5.96. The Balaban J connectivity index is 2.72. The molecule has 21 heavy (non-hydrogen) atoms. The third-order valence-corrected chi connectivity index (χ3v) is 3.11. The molecule has 0 radical (unpaired) electrons. The Morgan fingerprint density at radius 1 is 1.38 bits per heavy atom. The van der Waals surface area contributed by atoms with Gasteiger partial charge in [0.2, 0.25) is 5.91 Å². The average Bonchev–Trinajstić information content (AvgIpc) is 2.47. The average molecular weight is 293 g/mol. The molecular weight excluding hydrogens is 270 g/mol. The molecule has 4 N–H and O–H groups in total. The Morgan fingerprint density at radius 3 is 2.62 bits per heavy atom. The minimum atomic E-state index is -0.292. The van der Waals surface area contributed by atoms with E-state index in [4.69, 9.17) is 10.5 Å². The molecule has 0 saturated heterocycles. The van der Waals surface area contributed by atoms with E-state index in [1.807, 2.05) is 13.8 Å². The Labute approximate surface area is 125 Å². The van der Waals surface area contributed by atoms with E-state index in [0.29, 0.717) is 24.3 Å². The van der Waals surface area contributed by atoms with E-state index in [0.717, 1.165) is 5.56 Å². The number of methoxy groups -OCH3 is 1. The Morgan fingerprint density at radius 2 is 2.10 bits per heavy atom. The highest BCUT2D eigenvalue weighted by atomic mass is 16.5. The van der Waals surface area contributed by atoms with Crippen LogP contribution in [0.2, 0.25) is 0 Å². The Bertz CT molecular complexity index is 499. The smallest absolute Gasteiger partial charge is 0.251 e. The van der Waals surface area contributed by atoms with E-state index in [-0.39, 0.29) is 24.3 Å². The zero-order chi connectivity index (χ0) is 15.8. The fourth-order valence-corrected chi connectivity index (χ4v) is 1.88. The molecule has 1 aromatic rings.